The Morgan fingerprint density at radius 2 is 2.15 bits per heavy atom. The largest absolute Gasteiger partial charge is 0.392 e. The van der Waals surface area contributed by atoms with Gasteiger partial charge in [-0.2, -0.15) is 9.61 Å². The van der Waals surface area contributed by atoms with Crippen molar-refractivity contribution in [1.82, 2.24) is 39.8 Å². The first-order chi connectivity index (χ1) is 16.0. The predicted molar refractivity (Wildman–Crippen MR) is 121 cm³/mol. The number of aryl methyl sites for hydroxylation is 1. The van der Waals surface area contributed by atoms with Crippen LogP contribution in [0.2, 0.25) is 0 Å². The SMILES string of the molecule is CNc1cc2nc3c(cnn13)C(=O)NC[C@@H]1C[C@@H](O)CN1Cc1cc(c3nnn(C)c3c1)N2. The van der Waals surface area contributed by atoms with Gasteiger partial charge in [0.25, 0.3) is 5.91 Å². The second-order valence-corrected chi connectivity index (χ2v) is 8.60. The van der Waals surface area contributed by atoms with E-state index >= 15 is 0 Å². The molecule has 12 heteroatoms. The minimum absolute atomic E-state index is 0.0156. The molecule has 4 aromatic rings. The molecule has 12 nitrogen and oxygen atoms in total. The third-order valence-corrected chi connectivity index (χ3v) is 6.40. The topological polar surface area (TPSA) is 138 Å². The molecule has 1 aromatic carbocycles. The number of rotatable bonds is 1. The first-order valence-corrected chi connectivity index (χ1v) is 10.9. The summed E-state index contributed by atoms with van der Waals surface area (Å²) in [6.07, 6.45) is 1.69. The molecule has 2 aliphatic rings. The quantitative estimate of drug-likeness (QED) is 0.327. The third kappa shape index (κ3) is 3.26. The predicted octanol–water partition coefficient (Wildman–Crippen LogP) is 0.475. The fourth-order valence-corrected chi connectivity index (χ4v) is 4.78. The minimum atomic E-state index is -0.431. The van der Waals surface area contributed by atoms with Crippen molar-refractivity contribution >= 4 is 39.9 Å². The molecule has 4 N–H and O–H groups in total. The molecule has 5 heterocycles. The number of amides is 1. The highest BCUT2D eigenvalue weighted by atomic mass is 16.3. The Balaban J connectivity index is 1.55. The molecule has 0 aliphatic carbocycles. The van der Waals surface area contributed by atoms with Gasteiger partial charge in [-0.15, -0.1) is 5.10 Å². The smallest absolute Gasteiger partial charge is 0.256 e. The van der Waals surface area contributed by atoms with E-state index in [2.05, 4.69) is 42.3 Å². The zero-order valence-corrected chi connectivity index (χ0v) is 18.3. The van der Waals surface area contributed by atoms with Crippen LogP contribution in [0.15, 0.2) is 24.4 Å². The van der Waals surface area contributed by atoms with Gasteiger partial charge in [0.2, 0.25) is 0 Å². The number of anilines is 3. The van der Waals surface area contributed by atoms with Crippen LogP contribution in [-0.2, 0) is 13.6 Å². The number of hydrogen-bond acceptors (Lipinski definition) is 9. The average Bonchev–Trinajstić information content (AvgIpc) is 3.48. The van der Waals surface area contributed by atoms with Crippen molar-refractivity contribution in [2.24, 2.45) is 7.05 Å². The average molecular weight is 448 g/mol. The molecular formula is C21H24N10O2. The molecule has 4 bridgehead atoms. The first kappa shape index (κ1) is 19.9. The Bertz CT molecular complexity index is 1390. The molecule has 0 radical (unpaired) electrons. The number of hydrogen-bond donors (Lipinski definition) is 4. The molecule has 0 unspecified atom stereocenters. The summed E-state index contributed by atoms with van der Waals surface area (Å²) in [6, 6.07) is 5.96. The van der Waals surface area contributed by atoms with Gasteiger partial charge < -0.3 is 21.1 Å². The van der Waals surface area contributed by atoms with Crippen molar-refractivity contribution in [3.8, 4) is 0 Å². The number of carbonyl (C=O) groups is 1. The third-order valence-electron chi connectivity index (χ3n) is 6.40. The molecule has 3 aromatic heterocycles. The number of aliphatic hydroxyl groups is 1. The summed E-state index contributed by atoms with van der Waals surface area (Å²) >= 11 is 0. The van der Waals surface area contributed by atoms with Gasteiger partial charge in [0.05, 0.1) is 23.5 Å². The van der Waals surface area contributed by atoms with Gasteiger partial charge in [0, 0.05) is 45.8 Å². The Hall–Kier alpha value is -3.77. The summed E-state index contributed by atoms with van der Waals surface area (Å²) in [7, 11) is 3.65. The van der Waals surface area contributed by atoms with Gasteiger partial charge in [0.15, 0.2) is 5.65 Å². The highest BCUT2D eigenvalue weighted by Gasteiger charge is 2.32. The Kier molecular flexibility index (Phi) is 4.45. The monoisotopic (exact) mass is 448 g/mol. The van der Waals surface area contributed by atoms with Gasteiger partial charge in [-0.05, 0) is 24.1 Å². The van der Waals surface area contributed by atoms with Gasteiger partial charge in [-0.1, -0.05) is 5.21 Å². The number of carbonyl (C=O) groups excluding carboxylic acids is 1. The van der Waals surface area contributed by atoms with Crippen molar-refractivity contribution in [1.29, 1.82) is 0 Å². The van der Waals surface area contributed by atoms with E-state index in [0.29, 0.717) is 48.9 Å². The molecule has 0 saturated carbocycles. The summed E-state index contributed by atoms with van der Waals surface area (Å²) < 4.78 is 3.35. The molecule has 1 amide bonds. The maximum atomic E-state index is 13.0. The lowest BCUT2D eigenvalue weighted by atomic mass is 10.1. The highest BCUT2D eigenvalue weighted by molar-refractivity contribution is 6.00. The number of nitrogens with zero attached hydrogens (tertiary/aromatic N) is 7. The van der Waals surface area contributed by atoms with Crippen LogP contribution in [-0.4, -0.2) is 77.8 Å². The number of aliphatic hydroxyl groups excluding tert-OH is 1. The molecule has 33 heavy (non-hydrogen) atoms. The van der Waals surface area contributed by atoms with Crippen LogP contribution in [0, 0.1) is 0 Å². The standard InChI is InChI=1S/C21H24N10O2/c1-22-18-6-17-25-15-3-11(4-16-19(15)27-28-29(16)2)9-30-10-13(32)5-12(30)7-23-21(33)14-8-24-31(18)20(14)26-17/h3-4,6,8,12-13,22,32H,5,7,9-10H2,1-2H3,(H,23,33)(H,25,26)/t12-,13+/m0/s1. The van der Waals surface area contributed by atoms with E-state index in [0.717, 1.165) is 22.3 Å². The van der Waals surface area contributed by atoms with Crippen LogP contribution in [0.5, 0.6) is 0 Å². The molecule has 1 saturated heterocycles. The maximum Gasteiger partial charge on any atom is 0.256 e. The number of nitrogens with one attached hydrogen (secondary N) is 3. The van der Waals surface area contributed by atoms with E-state index in [1.807, 2.05) is 19.2 Å². The van der Waals surface area contributed by atoms with Crippen LogP contribution in [0.3, 0.4) is 0 Å². The Morgan fingerprint density at radius 1 is 1.27 bits per heavy atom. The van der Waals surface area contributed by atoms with Gasteiger partial charge >= 0.3 is 0 Å². The molecule has 170 valence electrons. The van der Waals surface area contributed by atoms with Gasteiger partial charge in [-0.25, -0.2) is 9.67 Å². The maximum absolute atomic E-state index is 13.0. The summed E-state index contributed by atoms with van der Waals surface area (Å²) in [5.74, 6) is 0.993. The lowest BCUT2D eigenvalue weighted by Crippen LogP contribution is -2.39. The Labute approximate surface area is 188 Å². The molecule has 6 rings (SSSR count). The molecular weight excluding hydrogens is 424 g/mol. The summed E-state index contributed by atoms with van der Waals surface area (Å²) in [5.41, 5.74) is 4.27. The zero-order valence-electron chi connectivity index (χ0n) is 18.3. The van der Waals surface area contributed by atoms with Crippen molar-refractivity contribution < 1.29 is 9.90 Å². The molecule has 1 fully saturated rings. The van der Waals surface area contributed by atoms with Gasteiger partial charge in [-0.3, -0.25) is 9.69 Å². The van der Waals surface area contributed by atoms with Crippen LogP contribution in [0.25, 0.3) is 16.7 Å². The fraction of sp³-hybridized carbons (Fsp3) is 0.381. The van der Waals surface area contributed by atoms with E-state index in [9.17, 15) is 9.90 Å². The van der Waals surface area contributed by atoms with Crippen LogP contribution >= 0.6 is 0 Å². The normalized spacial score (nSPS) is 21.1. The number of fused-ring (bicyclic) bond motifs is 6. The van der Waals surface area contributed by atoms with E-state index in [1.54, 1.807) is 16.2 Å². The van der Waals surface area contributed by atoms with Crippen LogP contribution < -0.4 is 16.0 Å². The molecule has 2 atom stereocenters. The lowest BCUT2D eigenvalue weighted by Gasteiger charge is -2.25. The second kappa shape index (κ2) is 7.39. The number of benzene rings is 1. The summed E-state index contributed by atoms with van der Waals surface area (Å²) in [4.78, 5) is 19.9. The van der Waals surface area contributed by atoms with Crippen molar-refractivity contribution in [3.05, 3.63) is 35.5 Å². The molecule has 2 aliphatic heterocycles. The Morgan fingerprint density at radius 3 is 3.00 bits per heavy atom. The van der Waals surface area contributed by atoms with E-state index in [1.165, 1.54) is 6.20 Å². The highest BCUT2D eigenvalue weighted by Crippen LogP contribution is 2.30. The lowest BCUT2D eigenvalue weighted by molar-refractivity contribution is 0.0941. The zero-order chi connectivity index (χ0) is 22.7. The van der Waals surface area contributed by atoms with Crippen molar-refractivity contribution in [3.63, 3.8) is 0 Å². The van der Waals surface area contributed by atoms with Crippen molar-refractivity contribution in [2.75, 3.05) is 30.8 Å². The van der Waals surface area contributed by atoms with E-state index in [4.69, 9.17) is 4.98 Å². The van der Waals surface area contributed by atoms with E-state index < -0.39 is 6.10 Å². The fourth-order valence-electron chi connectivity index (χ4n) is 4.78. The van der Waals surface area contributed by atoms with Crippen molar-refractivity contribution in [2.45, 2.75) is 25.1 Å². The van der Waals surface area contributed by atoms with Crippen LogP contribution in [0.4, 0.5) is 17.3 Å². The first-order valence-electron chi connectivity index (χ1n) is 10.9. The summed E-state index contributed by atoms with van der Waals surface area (Å²) in [5, 5.41) is 32.7. The number of aromatic nitrogens is 6. The minimum Gasteiger partial charge on any atom is -0.392 e. The molecule has 0 spiro atoms. The van der Waals surface area contributed by atoms with Gasteiger partial charge in [0.1, 0.15) is 22.7 Å². The van der Waals surface area contributed by atoms with Crippen LogP contribution in [0.1, 0.15) is 22.3 Å². The summed E-state index contributed by atoms with van der Waals surface area (Å²) in [6.45, 7) is 1.60. The van der Waals surface area contributed by atoms with E-state index in [-0.39, 0.29) is 11.9 Å². The second-order valence-electron chi connectivity index (χ2n) is 8.60.